The van der Waals surface area contributed by atoms with Crippen molar-refractivity contribution in [2.24, 2.45) is 11.0 Å². The number of nitrogens with two attached hydrogens (primary N) is 2. The molecule has 100 valence electrons. The number of aryl methyl sites for hydroxylation is 1. The quantitative estimate of drug-likeness (QED) is 0.416. The highest BCUT2D eigenvalue weighted by Gasteiger charge is 2.08. The molecule has 0 aromatic heterocycles. The number of sulfonamides is 1. The van der Waals surface area contributed by atoms with E-state index in [1.54, 1.807) is 25.1 Å². The predicted molar refractivity (Wildman–Crippen MR) is 69.3 cm³/mol. The van der Waals surface area contributed by atoms with Gasteiger partial charge in [-0.3, -0.25) is 10.6 Å². The van der Waals surface area contributed by atoms with Crippen LogP contribution in [-0.2, 0) is 10.0 Å². The minimum Gasteiger partial charge on any atom is -0.351 e. The maximum Gasteiger partial charge on any atom is 0.251 e. The molecule has 1 aromatic carbocycles. The standard InChI is InChI=1S/C10H16N4O3S/c1-7-6-8(2-3-9(7)14-11)10(15)13-4-5-18(12,16)17/h2-3,6,14H,4-5,11H2,1H3,(H,13,15)(H2,12,16,17). The lowest BCUT2D eigenvalue weighted by Crippen LogP contribution is -2.31. The normalized spacial score (nSPS) is 11.1. The van der Waals surface area contributed by atoms with E-state index in [9.17, 15) is 13.2 Å². The third kappa shape index (κ3) is 4.32. The first-order valence-electron chi connectivity index (χ1n) is 5.19. The number of rotatable bonds is 5. The van der Waals surface area contributed by atoms with Crippen LogP contribution >= 0.6 is 0 Å². The summed E-state index contributed by atoms with van der Waals surface area (Å²) >= 11 is 0. The van der Waals surface area contributed by atoms with Crippen molar-refractivity contribution in [3.63, 3.8) is 0 Å². The van der Waals surface area contributed by atoms with Crippen molar-refractivity contribution in [1.29, 1.82) is 0 Å². The van der Waals surface area contributed by atoms with Crippen LogP contribution < -0.4 is 21.7 Å². The van der Waals surface area contributed by atoms with Crippen LogP contribution in [0, 0.1) is 6.92 Å². The highest BCUT2D eigenvalue weighted by molar-refractivity contribution is 7.89. The maximum atomic E-state index is 11.7. The van der Waals surface area contributed by atoms with E-state index in [1.807, 2.05) is 0 Å². The zero-order valence-electron chi connectivity index (χ0n) is 9.93. The van der Waals surface area contributed by atoms with Gasteiger partial charge in [0.25, 0.3) is 5.91 Å². The maximum absolute atomic E-state index is 11.7. The second kappa shape index (κ2) is 5.80. The summed E-state index contributed by atoms with van der Waals surface area (Å²) in [4.78, 5) is 11.7. The van der Waals surface area contributed by atoms with E-state index in [-0.39, 0.29) is 18.2 Å². The smallest absolute Gasteiger partial charge is 0.251 e. The topological polar surface area (TPSA) is 127 Å². The number of amides is 1. The number of hydrogen-bond acceptors (Lipinski definition) is 5. The van der Waals surface area contributed by atoms with Gasteiger partial charge >= 0.3 is 0 Å². The van der Waals surface area contributed by atoms with Crippen molar-refractivity contribution in [2.45, 2.75) is 6.92 Å². The zero-order valence-corrected chi connectivity index (χ0v) is 10.8. The van der Waals surface area contributed by atoms with Crippen LogP contribution in [0.2, 0.25) is 0 Å². The Morgan fingerprint density at radius 3 is 2.56 bits per heavy atom. The number of carbonyl (C=O) groups is 1. The van der Waals surface area contributed by atoms with E-state index in [4.69, 9.17) is 11.0 Å². The lowest BCUT2D eigenvalue weighted by Gasteiger charge is -2.08. The summed E-state index contributed by atoms with van der Waals surface area (Å²) < 4.78 is 21.4. The number of nitrogens with one attached hydrogen (secondary N) is 2. The number of anilines is 1. The van der Waals surface area contributed by atoms with E-state index >= 15 is 0 Å². The first-order chi connectivity index (χ1) is 8.33. The Balaban J connectivity index is 2.65. The van der Waals surface area contributed by atoms with Crippen LogP contribution in [0.5, 0.6) is 0 Å². The minimum atomic E-state index is -3.56. The van der Waals surface area contributed by atoms with E-state index in [2.05, 4.69) is 10.7 Å². The molecule has 0 aliphatic heterocycles. The first kappa shape index (κ1) is 14.4. The van der Waals surface area contributed by atoms with Crippen molar-refractivity contribution >= 4 is 21.6 Å². The Morgan fingerprint density at radius 1 is 1.39 bits per heavy atom. The first-order valence-corrected chi connectivity index (χ1v) is 6.91. The molecule has 0 aliphatic carbocycles. The Bertz CT molecular complexity index is 542. The van der Waals surface area contributed by atoms with Crippen molar-refractivity contribution in [3.8, 4) is 0 Å². The molecule has 0 saturated heterocycles. The molecule has 1 aromatic rings. The average molecular weight is 272 g/mol. The van der Waals surface area contributed by atoms with Gasteiger partial charge in [0.1, 0.15) is 0 Å². The summed E-state index contributed by atoms with van der Waals surface area (Å²) in [5.41, 5.74) is 4.46. The summed E-state index contributed by atoms with van der Waals surface area (Å²) in [6.45, 7) is 1.78. The molecule has 0 heterocycles. The number of hydrazine groups is 1. The number of nitrogen functional groups attached to an aromatic ring is 1. The third-order valence-corrected chi connectivity index (χ3v) is 3.09. The summed E-state index contributed by atoms with van der Waals surface area (Å²) in [6, 6.07) is 4.92. The molecule has 18 heavy (non-hydrogen) atoms. The SMILES string of the molecule is Cc1cc(C(=O)NCCS(N)(=O)=O)ccc1NN. The van der Waals surface area contributed by atoms with Gasteiger partial charge in [0.05, 0.1) is 11.4 Å². The van der Waals surface area contributed by atoms with Gasteiger partial charge in [-0.1, -0.05) is 0 Å². The Labute approximate surface area is 106 Å². The second-order valence-corrected chi connectivity index (χ2v) is 5.53. The molecule has 0 radical (unpaired) electrons. The van der Waals surface area contributed by atoms with Crippen molar-refractivity contribution < 1.29 is 13.2 Å². The van der Waals surface area contributed by atoms with Gasteiger partial charge in [-0.2, -0.15) is 0 Å². The largest absolute Gasteiger partial charge is 0.351 e. The van der Waals surface area contributed by atoms with Gasteiger partial charge in [0.2, 0.25) is 10.0 Å². The Hall–Kier alpha value is -1.64. The van der Waals surface area contributed by atoms with Gasteiger partial charge in [-0.25, -0.2) is 13.6 Å². The van der Waals surface area contributed by atoms with Crippen molar-refractivity contribution in [2.75, 3.05) is 17.7 Å². The highest BCUT2D eigenvalue weighted by Crippen LogP contribution is 2.14. The molecular formula is C10H16N4O3S. The fraction of sp³-hybridized carbons (Fsp3) is 0.300. The molecule has 8 heteroatoms. The van der Waals surface area contributed by atoms with E-state index in [1.165, 1.54) is 0 Å². The summed E-state index contributed by atoms with van der Waals surface area (Å²) in [7, 11) is -3.56. The number of benzene rings is 1. The molecule has 0 saturated carbocycles. The molecule has 0 unspecified atom stereocenters. The summed E-state index contributed by atoms with van der Waals surface area (Å²) in [5.74, 6) is 4.63. The molecule has 0 aliphatic rings. The van der Waals surface area contributed by atoms with Crippen molar-refractivity contribution in [1.82, 2.24) is 5.32 Å². The van der Waals surface area contributed by atoms with Crippen LogP contribution in [0.3, 0.4) is 0 Å². The fourth-order valence-corrected chi connectivity index (χ4v) is 1.76. The van der Waals surface area contributed by atoms with Gasteiger partial charge in [0.15, 0.2) is 0 Å². The minimum absolute atomic E-state index is 0.0202. The predicted octanol–water partition coefficient (Wildman–Crippen LogP) is -0.701. The van der Waals surface area contributed by atoms with Crippen LogP contribution in [0.25, 0.3) is 0 Å². The number of carbonyl (C=O) groups excluding carboxylic acids is 1. The van der Waals surface area contributed by atoms with Gasteiger partial charge < -0.3 is 10.7 Å². The third-order valence-electron chi connectivity index (χ3n) is 2.32. The molecular weight excluding hydrogens is 256 g/mol. The number of hydrogen-bond donors (Lipinski definition) is 4. The molecule has 1 amide bonds. The molecule has 0 fully saturated rings. The molecule has 0 spiro atoms. The van der Waals surface area contributed by atoms with Crippen LogP contribution in [-0.4, -0.2) is 26.6 Å². The molecule has 6 N–H and O–H groups in total. The van der Waals surface area contributed by atoms with Gasteiger partial charge in [-0.05, 0) is 30.7 Å². The van der Waals surface area contributed by atoms with Gasteiger partial charge in [0, 0.05) is 12.1 Å². The summed E-state index contributed by atoms with van der Waals surface area (Å²) in [5, 5.41) is 7.29. The second-order valence-electron chi connectivity index (χ2n) is 3.80. The molecule has 7 nitrogen and oxygen atoms in total. The van der Waals surface area contributed by atoms with E-state index in [0.29, 0.717) is 5.56 Å². The zero-order chi connectivity index (χ0) is 13.8. The van der Waals surface area contributed by atoms with Crippen LogP contribution in [0.1, 0.15) is 15.9 Å². The summed E-state index contributed by atoms with van der Waals surface area (Å²) in [6.07, 6.45) is 0. The lowest BCUT2D eigenvalue weighted by molar-refractivity contribution is 0.0956. The van der Waals surface area contributed by atoms with Gasteiger partial charge in [-0.15, -0.1) is 0 Å². The van der Waals surface area contributed by atoms with E-state index < -0.39 is 10.0 Å². The average Bonchev–Trinajstić information content (AvgIpc) is 2.27. The van der Waals surface area contributed by atoms with E-state index in [0.717, 1.165) is 11.3 Å². The highest BCUT2D eigenvalue weighted by atomic mass is 32.2. The monoisotopic (exact) mass is 272 g/mol. The lowest BCUT2D eigenvalue weighted by atomic mass is 10.1. The van der Waals surface area contributed by atoms with Crippen LogP contribution in [0.15, 0.2) is 18.2 Å². The molecule has 1 rings (SSSR count). The molecule has 0 atom stereocenters. The number of primary sulfonamides is 1. The van der Waals surface area contributed by atoms with Crippen molar-refractivity contribution in [3.05, 3.63) is 29.3 Å². The Morgan fingerprint density at radius 2 is 2.06 bits per heavy atom. The van der Waals surface area contributed by atoms with Crippen LogP contribution in [0.4, 0.5) is 5.69 Å². The molecule has 0 bridgehead atoms. The fourth-order valence-electron chi connectivity index (χ4n) is 1.38. The Kier molecular flexibility index (Phi) is 4.65.